The highest BCUT2D eigenvalue weighted by Gasteiger charge is 2.41. The quantitative estimate of drug-likeness (QED) is 0.271. The Morgan fingerprint density at radius 3 is 2.83 bits per heavy atom. The summed E-state index contributed by atoms with van der Waals surface area (Å²) < 4.78 is 6.72. The van der Waals surface area contributed by atoms with Crippen molar-refractivity contribution in [3.05, 3.63) is 76.8 Å². The molecule has 1 amide bonds. The number of carbonyl (C=O) groups excluding carboxylic acids is 2. The van der Waals surface area contributed by atoms with Crippen LogP contribution < -0.4 is 20.7 Å². The minimum absolute atomic E-state index is 0.00873. The number of methoxy groups -OCH3 is 1. The van der Waals surface area contributed by atoms with Crippen molar-refractivity contribution < 1.29 is 14.3 Å². The molecule has 0 saturated heterocycles. The van der Waals surface area contributed by atoms with Gasteiger partial charge in [-0.1, -0.05) is 64.8 Å². The highest BCUT2D eigenvalue weighted by Crippen LogP contribution is 2.47. The molecule has 1 aliphatic carbocycles. The molecule has 3 heterocycles. The summed E-state index contributed by atoms with van der Waals surface area (Å²) in [4.78, 5) is 32.1. The van der Waals surface area contributed by atoms with Gasteiger partial charge in [0.1, 0.15) is 11.6 Å². The van der Waals surface area contributed by atoms with Crippen LogP contribution in [0, 0.1) is 11.3 Å². The van der Waals surface area contributed by atoms with E-state index in [0.29, 0.717) is 45.0 Å². The lowest BCUT2D eigenvalue weighted by molar-refractivity contribution is -0.116. The molecule has 3 N–H and O–H groups in total. The third kappa shape index (κ3) is 5.17. The number of carbonyl (C=O) groups is 2. The monoisotopic (exact) mass is 601 g/mol. The van der Waals surface area contributed by atoms with Gasteiger partial charge in [0.05, 0.1) is 40.6 Å². The van der Waals surface area contributed by atoms with E-state index < -0.39 is 5.92 Å². The number of thioether (sulfide) groups is 1. The van der Waals surface area contributed by atoms with Crippen molar-refractivity contribution in [3.8, 4) is 11.8 Å². The number of ether oxygens (including phenoxy) is 1. The minimum Gasteiger partial charge on any atom is -0.497 e. The van der Waals surface area contributed by atoms with Crippen LogP contribution in [0.4, 0.5) is 10.3 Å². The number of allylic oxidation sites excluding steroid dienone is 3. The summed E-state index contributed by atoms with van der Waals surface area (Å²) in [6.45, 7) is 0. The van der Waals surface area contributed by atoms with Crippen molar-refractivity contribution in [3.63, 3.8) is 0 Å². The number of nitriles is 1. The number of thiazole rings is 1. The molecule has 13 heteroatoms. The molecule has 4 aromatic rings. The summed E-state index contributed by atoms with van der Waals surface area (Å²) in [5.74, 6) is 0.335. The summed E-state index contributed by atoms with van der Waals surface area (Å²) in [5, 5.41) is 22.5. The van der Waals surface area contributed by atoms with Crippen LogP contribution in [0.25, 0.3) is 10.2 Å². The van der Waals surface area contributed by atoms with Crippen LogP contribution in [0.2, 0.25) is 0 Å². The normalized spacial score (nSPS) is 17.0. The number of rotatable bonds is 7. The molecule has 2 aromatic heterocycles. The van der Waals surface area contributed by atoms with E-state index in [2.05, 4.69) is 26.6 Å². The first-order valence-electron chi connectivity index (χ1n) is 12.7. The third-order valence-electron chi connectivity index (χ3n) is 6.80. The second-order valence-corrected chi connectivity index (χ2v) is 12.5. The Balaban J connectivity index is 1.22. The number of anilines is 2. The van der Waals surface area contributed by atoms with E-state index in [1.807, 2.05) is 48.5 Å². The number of Topliss-reactive ketones (excluding diaryl/α,β-unsaturated/α-hetero) is 1. The van der Waals surface area contributed by atoms with Crippen LogP contribution in [0.15, 0.2) is 75.5 Å². The van der Waals surface area contributed by atoms with Crippen molar-refractivity contribution in [2.24, 2.45) is 5.73 Å². The fourth-order valence-electron chi connectivity index (χ4n) is 5.00. The van der Waals surface area contributed by atoms with Crippen LogP contribution in [0.5, 0.6) is 5.75 Å². The Labute approximate surface area is 247 Å². The summed E-state index contributed by atoms with van der Waals surface area (Å²) in [7, 11) is 1.60. The molecule has 0 spiro atoms. The number of benzene rings is 2. The van der Waals surface area contributed by atoms with Crippen LogP contribution in [-0.4, -0.2) is 39.7 Å². The highest BCUT2D eigenvalue weighted by atomic mass is 32.2. The average molecular weight is 602 g/mol. The minimum atomic E-state index is -0.519. The Bertz CT molecular complexity index is 1770. The van der Waals surface area contributed by atoms with E-state index in [1.165, 1.54) is 34.4 Å². The van der Waals surface area contributed by atoms with Gasteiger partial charge in [-0.15, -0.1) is 10.2 Å². The number of nitrogens with zero attached hydrogens (tertiary/aromatic N) is 5. The van der Waals surface area contributed by atoms with E-state index in [0.717, 1.165) is 27.2 Å². The molecule has 0 fully saturated rings. The number of hydrogen-bond donors (Lipinski definition) is 2. The Hall–Kier alpha value is -4.25. The molecule has 41 heavy (non-hydrogen) atoms. The van der Waals surface area contributed by atoms with Gasteiger partial charge in [-0.25, -0.2) is 4.98 Å². The summed E-state index contributed by atoms with van der Waals surface area (Å²) >= 11 is 3.86. The van der Waals surface area contributed by atoms with Gasteiger partial charge < -0.3 is 15.8 Å². The lowest BCUT2D eigenvalue weighted by atomic mass is 9.76. The van der Waals surface area contributed by atoms with E-state index in [-0.39, 0.29) is 23.3 Å². The SMILES string of the molecule is COc1ccc2nc(NC(=O)CSc3nnc(N4C(N)=C(C#N)C(c5ccccc5)C5=C4CCCC5=O)s3)sc2c1. The Morgan fingerprint density at radius 2 is 2.05 bits per heavy atom. The second kappa shape index (κ2) is 11.3. The fraction of sp³-hybridized carbons (Fsp3) is 0.214. The maximum absolute atomic E-state index is 13.2. The van der Waals surface area contributed by atoms with E-state index in [9.17, 15) is 14.9 Å². The number of ketones is 1. The highest BCUT2D eigenvalue weighted by molar-refractivity contribution is 8.01. The number of fused-ring (bicyclic) bond motifs is 1. The number of hydrogen-bond acceptors (Lipinski definition) is 12. The smallest absolute Gasteiger partial charge is 0.236 e. The summed E-state index contributed by atoms with van der Waals surface area (Å²) in [6.07, 6.45) is 1.73. The van der Waals surface area contributed by atoms with Gasteiger partial charge >= 0.3 is 0 Å². The van der Waals surface area contributed by atoms with Crippen LogP contribution in [0.1, 0.15) is 30.7 Å². The predicted molar refractivity (Wildman–Crippen MR) is 160 cm³/mol. The maximum atomic E-state index is 13.2. The first-order valence-corrected chi connectivity index (χ1v) is 15.3. The van der Waals surface area contributed by atoms with Gasteiger partial charge in [-0.3, -0.25) is 14.5 Å². The fourth-order valence-corrected chi connectivity index (χ4v) is 7.59. The van der Waals surface area contributed by atoms with Crippen molar-refractivity contribution >= 4 is 66.6 Å². The van der Waals surface area contributed by atoms with Gasteiger partial charge in [-0.2, -0.15) is 5.26 Å². The van der Waals surface area contributed by atoms with Crippen molar-refractivity contribution in [1.82, 2.24) is 15.2 Å². The lowest BCUT2D eigenvalue weighted by Gasteiger charge is -2.38. The average Bonchev–Trinajstić information content (AvgIpc) is 3.62. The first kappa shape index (κ1) is 26.9. The van der Waals surface area contributed by atoms with E-state index in [4.69, 9.17) is 10.5 Å². The molecule has 206 valence electrons. The first-order chi connectivity index (χ1) is 20.0. The van der Waals surface area contributed by atoms with Crippen molar-refractivity contribution in [2.45, 2.75) is 29.5 Å². The zero-order valence-electron chi connectivity index (χ0n) is 21.8. The maximum Gasteiger partial charge on any atom is 0.236 e. The van der Waals surface area contributed by atoms with Gasteiger partial charge in [0.15, 0.2) is 15.3 Å². The molecule has 0 saturated carbocycles. The molecule has 0 bridgehead atoms. The number of nitrogens with two attached hydrogens (primary N) is 1. The zero-order chi connectivity index (χ0) is 28.5. The van der Waals surface area contributed by atoms with Crippen molar-refractivity contribution in [2.75, 3.05) is 23.1 Å². The molecular formula is C28H23N7O3S3. The van der Waals surface area contributed by atoms with Crippen molar-refractivity contribution in [1.29, 1.82) is 5.26 Å². The van der Waals surface area contributed by atoms with E-state index >= 15 is 0 Å². The van der Waals surface area contributed by atoms with Crippen LogP contribution in [0.3, 0.4) is 0 Å². The zero-order valence-corrected chi connectivity index (χ0v) is 24.2. The summed E-state index contributed by atoms with van der Waals surface area (Å²) in [6, 6.07) is 17.3. The van der Waals surface area contributed by atoms with Gasteiger partial charge in [-0.05, 0) is 36.6 Å². The third-order valence-corrected chi connectivity index (χ3v) is 9.78. The molecule has 6 rings (SSSR count). The standard InChI is InChI=1S/C28H23N7O3S3/c1-38-16-10-11-18-21(12-16)40-26(31-18)32-22(37)14-39-28-34-33-27(41-28)35-19-8-5-9-20(36)24(19)23(17(13-29)25(35)30)15-6-3-2-4-7-15/h2-4,6-7,10-12,23H,5,8-9,14,30H2,1H3,(H,31,32,37). The summed E-state index contributed by atoms with van der Waals surface area (Å²) in [5.41, 5.74) is 9.88. The van der Waals surface area contributed by atoms with E-state index in [1.54, 1.807) is 12.0 Å². The van der Waals surface area contributed by atoms with Gasteiger partial charge in [0.25, 0.3) is 0 Å². The Kier molecular flexibility index (Phi) is 7.44. The lowest BCUT2D eigenvalue weighted by Crippen LogP contribution is -2.38. The molecular weight excluding hydrogens is 579 g/mol. The second-order valence-electron chi connectivity index (χ2n) is 9.27. The predicted octanol–water partition coefficient (Wildman–Crippen LogP) is 5.19. The topological polar surface area (TPSA) is 147 Å². The molecule has 0 radical (unpaired) electrons. The number of aromatic nitrogens is 3. The number of nitrogens with one attached hydrogen (secondary N) is 1. The molecule has 2 aromatic carbocycles. The molecule has 1 atom stereocenters. The number of amides is 1. The van der Waals surface area contributed by atoms with Gasteiger partial charge in [0, 0.05) is 17.7 Å². The van der Waals surface area contributed by atoms with Crippen LogP contribution >= 0.6 is 34.4 Å². The van der Waals surface area contributed by atoms with Gasteiger partial charge in [0.2, 0.25) is 11.0 Å². The largest absolute Gasteiger partial charge is 0.497 e. The molecule has 1 unspecified atom stereocenters. The molecule has 10 nitrogen and oxygen atoms in total. The molecule has 2 aliphatic rings. The van der Waals surface area contributed by atoms with Crippen LogP contribution in [-0.2, 0) is 9.59 Å². The molecule has 1 aliphatic heterocycles. The Morgan fingerprint density at radius 1 is 1.22 bits per heavy atom.